The van der Waals surface area contributed by atoms with Crippen LogP contribution in [0.25, 0.3) is 0 Å². The lowest BCUT2D eigenvalue weighted by Gasteiger charge is -2.55. The average Bonchev–Trinajstić information content (AvgIpc) is 2.44. The number of nitrogens with one attached hydrogen (secondary N) is 1. The van der Waals surface area contributed by atoms with Crippen LogP contribution in [0, 0.1) is 29.1 Å². The lowest BCUT2D eigenvalue weighted by molar-refractivity contribution is -0.146. The smallest absolute Gasteiger partial charge is 0.226 e. The Morgan fingerprint density at radius 1 is 1.00 bits per heavy atom. The number of ether oxygens (including phenoxy) is 1. The van der Waals surface area contributed by atoms with Crippen LogP contribution in [0.1, 0.15) is 51.4 Å². The monoisotopic (exact) mass is 277 g/mol. The summed E-state index contributed by atoms with van der Waals surface area (Å²) in [6.07, 6.45) is 9.99. The second kappa shape index (κ2) is 5.01. The molecule has 5 rings (SSSR count). The van der Waals surface area contributed by atoms with Gasteiger partial charge in [0, 0.05) is 25.2 Å². The van der Waals surface area contributed by atoms with Crippen molar-refractivity contribution >= 4 is 5.91 Å². The van der Waals surface area contributed by atoms with E-state index in [1.54, 1.807) is 0 Å². The molecule has 5 fully saturated rings. The highest BCUT2D eigenvalue weighted by atomic mass is 16.5. The van der Waals surface area contributed by atoms with E-state index in [9.17, 15) is 4.79 Å². The molecule has 112 valence electrons. The van der Waals surface area contributed by atoms with Crippen LogP contribution in [0.5, 0.6) is 0 Å². The third kappa shape index (κ3) is 2.28. The highest BCUT2D eigenvalue weighted by Gasteiger charge is 2.54. The van der Waals surface area contributed by atoms with E-state index in [1.807, 2.05) is 0 Å². The van der Waals surface area contributed by atoms with Crippen molar-refractivity contribution < 1.29 is 9.53 Å². The summed E-state index contributed by atoms with van der Waals surface area (Å²) in [5.41, 5.74) is 0.0277. The number of hydrogen-bond acceptors (Lipinski definition) is 2. The van der Waals surface area contributed by atoms with E-state index >= 15 is 0 Å². The molecule has 0 radical (unpaired) electrons. The molecule has 4 bridgehead atoms. The maximum atomic E-state index is 12.8. The maximum Gasteiger partial charge on any atom is 0.226 e. The molecule has 0 unspecified atom stereocenters. The Kier molecular flexibility index (Phi) is 3.29. The molecule has 1 amide bonds. The summed E-state index contributed by atoms with van der Waals surface area (Å²) in [5.74, 6) is 3.60. The molecule has 0 aromatic heterocycles. The third-order valence-corrected chi connectivity index (χ3v) is 6.41. The van der Waals surface area contributed by atoms with Crippen molar-refractivity contribution in [3.05, 3.63) is 0 Å². The average molecular weight is 277 g/mol. The minimum absolute atomic E-state index is 0.0277. The number of carbonyl (C=O) groups is 1. The Balaban J connectivity index is 1.38. The lowest BCUT2D eigenvalue weighted by Crippen LogP contribution is -2.54. The molecule has 1 saturated heterocycles. The lowest BCUT2D eigenvalue weighted by atomic mass is 9.49. The fraction of sp³-hybridized carbons (Fsp3) is 0.941. The van der Waals surface area contributed by atoms with Crippen LogP contribution in [-0.4, -0.2) is 25.7 Å². The first-order chi connectivity index (χ1) is 9.73. The van der Waals surface area contributed by atoms with Crippen LogP contribution in [-0.2, 0) is 9.53 Å². The maximum absolute atomic E-state index is 12.8. The normalized spacial score (nSPS) is 43.7. The van der Waals surface area contributed by atoms with E-state index in [-0.39, 0.29) is 5.41 Å². The molecule has 3 nitrogen and oxygen atoms in total. The predicted molar refractivity (Wildman–Crippen MR) is 77.2 cm³/mol. The Labute approximate surface area is 121 Å². The molecule has 0 atom stereocenters. The second-order valence-electron chi connectivity index (χ2n) is 7.96. The topological polar surface area (TPSA) is 38.3 Å². The Morgan fingerprint density at radius 3 is 2.10 bits per heavy atom. The molecule has 5 aliphatic rings. The molecule has 0 aromatic carbocycles. The van der Waals surface area contributed by atoms with Gasteiger partial charge in [-0.3, -0.25) is 4.79 Å². The van der Waals surface area contributed by atoms with Gasteiger partial charge in [-0.15, -0.1) is 0 Å². The van der Waals surface area contributed by atoms with Crippen LogP contribution in [0.2, 0.25) is 0 Å². The molecule has 1 aliphatic heterocycles. The largest absolute Gasteiger partial charge is 0.381 e. The van der Waals surface area contributed by atoms with Gasteiger partial charge in [-0.05, 0) is 75.0 Å². The van der Waals surface area contributed by atoms with Crippen molar-refractivity contribution in [2.45, 2.75) is 51.4 Å². The summed E-state index contributed by atoms with van der Waals surface area (Å²) in [5, 5.41) is 3.31. The highest BCUT2D eigenvalue weighted by Crippen LogP contribution is 2.60. The SMILES string of the molecule is O=C(NCC1CCOCC1)C12CC3CC(CC(C3)C1)C2. The van der Waals surface area contributed by atoms with Crippen LogP contribution in [0.15, 0.2) is 0 Å². The van der Waals surface area contributed by atoms with E-state index in [4.69, 9.17) is 4.74 Å². The van der Waals surface area contributed by atoms with Gasteiger partial charge in [0.1, 0.15) is 0 Å². The van der Waals surface area contributed by atoms with Crippen molar-refractivity contribution in [3.63, 3.8) is 0 Å². The van der Waals surface area contributed by atoms with Crippen molar-refractivity contribution in [1.29, 1.82) is 0 Å². The number of hydrogen-bond donors (Lipinski definition) is 1. The van der Waals surface area contributed by atoms with Gasteiger partial charge in [0.2, 0.25) is 5.91 Å². The van der Waals surface area contributed by atoms with Gasteiger partial charge in [-0.1, -0.05) is 0 Å². The molecular formula is C17H27NO2. The van der Waals surface area contributed by atoms with Crippen LogP contribution in [0.3, 0.4) is 0 Å². The fourth-order valence-electron chi connectivity index (χ4n) is 5.76. The molecule has 1 heterocycles. The standard InChI is InChI=1S/C17H27NO2/c19-16(18-11-12-1-3-20-4-2-12)17-8-13-5-14(9-17)7-15(6-13)10-17/h12-15H,1-11H2,(H,18,19). The second-order valence-corrected chi connectivity index (χ2v) is 7.96. The first-order valence-electron chi connectivity index (χ1n) is 8.59. The first kappa shape index (κ1) is 13.1. The molecular weight excluding hydrogens is 250 g/mol. The molecule has 4 saturated carbocycles. The Hall–Kier alpha value is -0.570. The minimum Gasteiger partial charge on any atom is -0.381 e. The van der Waals surface area contributed by atoms with Crippen LogP contribution in [0.4, 0.5) is 0 Å². The van der Waals surface area contributed by atoms with E-state index in [0.29, 0.717) is 11.8 Å². The predicted octanol–water partition coefficient (Wildman–Crippen LogP) is 2.75. The molecule has 3 heteroatoms. The third-order valence-electron chi connectivity index (χ3n) is 6.41. The van der Waals surface area contributed by atoms with E-state index < -0.39 is 0 Å². The molecule has 4 aliphatic carbocycles. The van der Waals surface area contributed by atoms with Crippen LogP contribution < -0.4 is 5.32 Å². The van der Waals surface area contributed by atoms with Gasteiger partial charge in [0.25, 0.3) is 0 Å². The van der Waals surface area contributed by atoms with Gasteiger partial charge in [0.15, 0.2) is 0 Å². The van der Waals surface area contributed by atoms with E-state index in [0.717, 1.165) is 50.4 Å². The zero-order valence-electron chi connectivity index (χ0n) is 12.4. The molecule has 20 heavy (non-hydrogen) atoms. The number of rotatable bonds is 3. The minimum atomic E-state index is 0.0277. The van der Waals surface area contributed by atoms with Crippen molar-refractivity contribution in [2.75, 3.05) is 19.8 Å². The van der Waals surface area contributed by atoms with Gasteiger partial charge in [-0.2, -0.15) is 0 Å². The Bertz CT molecular complexity index is 351. The fourth-order valence-corrected chi connectivity index (χ4v) is 5.76. The van der Waals surface area contributed by atoms with Gasteiger partial charge in [0.05, 0.1) is 0 Å². The molecule has 0 aromatic rings. The highest BCUT2D eigenvalue weighted by molar-refractivity contribution is 5.83. The van der Waals surface area contributed by atoms with Crippen LogP contribution >= 0.6 is 0 Å². The van der Waals surface area contributed by atoms with E-state index in [2.05, 4.69) is 5.32 Å². The summed E-state index contributed by atoms with van der Waals surface area (Å²) < 4.78 is 5.39. The van der Waals surface area contributed by atoms with Gasteiger partial charge >= 0.3 is 0 Å². The van der Waals surface area contributed by atoms with Gasteiger partial charge < -0.3 is 10.1 Å². The summed E-state index contributed by atoms with van der Waals surface area (Å²) in [6, 6.07) is 0. The summed E-state index contributed by atoms with van der Waals surface area (Å²) in [7, 11) is 0. The number of carbonyl (C=O) groups excluding carboxylic acids is 1. The zero-order chi connectivity index (χ0) is 13.6. The summed E-state index contributed by atoms with van der Waals surface area (Å²) in [4.78, 5) is 12.8. The summed E-state index contributed by atoms with van der Waals surface area (Å²) in [6.45, 7) is 2.62. The first-order valence-corrected chi connectivity index (χ1v) is 8.59. The quantitative estimate of drug-likeness (QED) is 0.861. The van der Waals surface area contributed by atoms with Crippen molar-refractivity contribution in [1.82, 2.24) is 5.32 Å². The van der Waals surface area contributed by atoms with Crippen molar-refractivity contribution in [2.24, 2.45) is 29.1 Å². The zero-order valence-corrected chi connectivity index (χ0v) is 12.4. The Morgan fingerprint density at radius 2 is 1.55 bits per heavy atom. The van der Waals surface area contributed by atoms with E-state index in [1.165, 1.54) is 38.5 Å². The molecule has 1 N–H and O–H groups in total. The summed E-state index contributed by atoms with van der Waals surface area (Å²) >= 11 is 0. The van der Waals surface area contributed by atoms with Gasteiger partial charge in [-0.25, -0.2) is 0 Å². The van der Waals surface area contributed by atoms with Crippen molar-refractivity contribution in [3.8, 4) is 0 Å². The number of amides is 1. The molecule has 0 spiro atoms.